The van der Waals surface area contributed by atoms with Crippen molar-refractivity contribution in [3.05, 3.63) is 84.4 Å². The predicted molar refractivity (Wildman–Crippen MR) is 146 cm³/mol. The maximum atomic E-state index is 10.7. The van der Waals surface area contributed by atoms with Gasteiger partial charge in [0, 0.05) is 29.7 Å². The van der Waals surface area contributed by atoms with Gasteiger partial charge in [-0.1, -0.05) is 50.6 Å². The van der Waals surface area contributed by atoms with Crippen LogP contribution in [0.15, 0.2) is 83.3 Å². The van der Waals surface area contributed by atoms with Gasteiger partial charge in [-0.05, 0) is 60.0 Å². The summed E-state index contributed by atoms with van der Waals surface area (Å²) in [5.74, 6) is 0.810. The predicted octanol–water partition coefficient (Wildman–Crippen LogP) is 5.54. The molecule has 7 heteroatoms. The normalized spacial score (nSPS) is 13.7. The van der Waals surface area contributed by atoms with Gasteiger partial charge < -0.3 is 30.0 Å². The lowest BCUT2D eigenvalue weighted by atomic mass is 9.99. The van der Waals surface area contributed by atoms with Crippen LogP contribution in [0.25, 0.3) is 22.3 Å². The number of carboxylic acids is 1. The van der Waals surface area contributed by atoms with Gasteiger partial charge in [-0.15, -0.1) is 0 Å². The molecule has 0 saturated heterocycles. The smallest absolute Gasteiger partial charge is 0.333 e. The van der Waals surface area contributed by atoms with E-state index in [1.807, 2.05) is 72.8 Å². The first-order valence-electron chi connectivity index (χ1n) is 12.6. The second-order valence-electron chi connectivity index (χ2n) is 9.30. The fourth-order valence-electron chi connectivity index (χ4n) is 4.03. The zero-order valence-electron chi connectivity index (χ0n) is 21.2. The van der Waals surface area contributed by atoms with E-state index < -0.39 is 12.1 Å². The molecule has 3 aromatic carbocycles. The molecule has 0 aliphatic carbocycles. The molecule has 1 aromatic heterocycles. The average Bonchev–Trinajstić information content (AvgIpc) is 3.36. The minimum absolute atomic E-state index is 0.00200. The third-order valence-electron chi connectivity index (χ3n) is 6.58. The monoisotopic (exact) mass is 502 g/mol. The van der Waals surface area contributed by atoms with Crippen molar-refractivity contribution in [2.75, 3.05) is 18.5 Å². The van der Waals surface area contributed by atoms with Crippen LogP contribution in [-0.4, -0.2) is 41.5 Å². The topological polar surface area (TPSA) is 104 Å². The Bertz CT molecular complexity index is 1250. The number of hydrogen-bond donors (Lipinski definition) is 4. The lowest BCUT2D eigenvalue weighted by Crippen LogP contribution is -2.33. The highest BCUT2D eigenvalue weighted by Crippen LogP contribution is 2.29. The van der Waals surface area contributed by atoms with E-state index in [4.69, 9.17) is 14.3 Å². The standard InChI is InChI=1S/C30H34N2O5/c1-3-20(2)26(32-24-12-8-21(9-13-24)17-31-18-27(33)30(34)35)19-36-25-14-10-22(11-15-25)29-16-23-6-4-5-7-28(23)37-29/h4-16,20,26-27,31-33H,3,17-19H2,1-2H3,(H,34,35)/t20-,26+,27+/m0/s1. The lowest BCUT2D eigenvalue weighted by Gasteiger charge is -2.25. The third kappa shape index (κ3) is 7.12. The lowest BCUT2D eigenvalue weighted by molar-refractivity contribution is -0.146. The maximum Gasteiger partial charge on any atom is 0.333 e. The van der Waals surface area contributed by atoms with Gasteiger partial charge in [-0.3, -0.25) is 0 Å². The summed E-state index contributed by atoms with van der Waals surface area (Å²) in [5.41, 5.74) is 3.88. The van der Waals surface area contributed by atoms with Crippen molar-refractivity contribution < 1.29 is 24.2 Å². The van der Waals surface area contributed by atoms with Gasteiger partial charge in [-0.25, -0.2) is 4.79 Å². The van der Waals surface area contributed by atoms with E-state index in [0.29, 0.717) is 19.1 Å². The van der Waals surface area contributed by atoms with E-state index in [1.54, 1.807) is 0 Å². The van der Waals surface area contributed by atoms with Crippen molar-refractivity contribution in [1.29, 1.82) is 0 Å². The maximum absolute atomic E-state index is 10.7. The number of benzene rings is 3. The molecule has 4 rings (SSSR count). The van der Waals surface area contributed by atoms with Gasteiger partial charge in [0.1, 0.15) is 23.7 Å². The van der Waals surface area contributed by atoms with Crippen molar-refractivity contribution >= 4 is 22.6 Å². The minimum Gasteiger partial charge on any atom is -0.491 e. The summed E-state index contributed by atoms with van der Waals surface area (Å²) in [7, 11) is 0. The van der Waals surface area contributed by atoms with Crippen LogP contribution in [0.5, 0.6) is 5.75 Å². The molecule has 0 fully saturated rings. The van der Waals surface area contributed by atoms with Gasteiger partial charge in [0.2, 0.25) is 0 Å². The van der Waals surface area contributed by atoms with Crippen LogP contribution in [0.4, 0.5) is 5.69 Å². The SMILES string of the molecule is CC[C@H](C)[C@@H](COc1ccc(-c2cc3ccccc3o2)cc1)Nc1ccc(CNC[C@@H](O)C(=O)O)cc1. The van der Waals surface area contributed by atoms with Crippen LogP contribution in [0.2, 0.25) is 0 Å². The number of aliphatic carboxylic acids is 1. The molecule has 0 bridgehead atoms. The van der Waals surface area contributed by atoms with Crippen molar-refractivity contribution in [3.63, 3.8) is 0 Å². The summed E-state index contributed by atoms with van der Waals surface area (Å²) < 4.78 is 12.1. The van der Waals surface area contributed by atoms with E-state index in [2.05, 4.69) is 30.5 Å². The second-order valence-corrected chi connectivity index (χ2v) is 9.30. The molecule has 0 unspecified atom stereocenters. The number of furan rings is 1. The highest BCUT2D eigenvalue weighted by molar-refractivity contribution is 5.82. The Morgan fingerprint density at radius 3 is 2.43 bits per heavy atom. The first-order valence-corrected chi connectivity index (χ1v) is 12.6. The number of ether oxygens (including phenoxy) is 1. The van der Waals surface area contributed by atoms with Crippen LogP contribution in [0.1, 0.15) is 25.8 Å². The first kappa shape index (κ1) is 26.3. The van der Waals surface area contributed by atoms with Crippen LogP contribution < -0.4 is 15.4 Å². The fourth-order valence-corrected chi connectivity index (χ4v) is 4.03. The summed E-state index contributed by atoms with van der Waals surface area (Å²) >= 11 is 0. The van der Waals surface area contributed by atoms with E-state index in [9.17, 15) is 9.90 Å². The van der Waals surface area contributed by atoms with E-state index >= 15 is 0 Å². The number of anilines is 1. The number of para-hydroxylation sites is 1. The Morgan fingerprint density at radius 2 is 1.76 bits per heavy atom. The first-order chi connectivity index (χ1) is 17.9. The minimum atomic E-state index is -1.40. The molecule has 37 heavy (non-hydrogen) atoms. The largest absolute Gasteiger partial charge is 0.491 e. The summed E-state index contributed by atoms with van der Waals surface area (Å²) in [4.78, 5) is 10.7. The molecule has 0 saturated carbocycles. The number of aliphatic hydroxyl groups excluding tert-OH is 1. The molecule has 4 aromatic rings. The zero-order chi connectivity index (χ0) is 26.2. The molecule has 0 radical (unpaired) electrons. The molecule has 3 atom stereocenters. The Balaban J connectivity index is 1.32. The number of rotatable bonds is 13. The van der Waals surface area contributed by atoms with Crippen molar-refractivity contribution in [1.82, 2.24) is 5.32 Å². The quantitative estimate of drug-likeness (QED) is 0.190. The van der Waals surface area contributed by atoms with E-state index in [0.717, 1.165) is 45.7 Å². The number of nitrogens with one attached hydrogen (secondary N) is 2. The molecular formula is C30H34N2O5. The Morgan fingerprint density at radius 1 is 1.03 bits per heavy atom. The Labute approximate surface area is 217 Å². The molecule has 1 heterocycles. The van der Waals surface area contributed by atoms with Gasteiger partial charge in [0.05, 0.1) is 6.04 Å². The second kappa shape index (κ2) is 12.4. The fraction of sp³-hybridized carbons (Fsp3) is 0.300. The van der Waals surface area contributed by atoms with Gasteiger partial charge in [0.15, 0.2) is 6.10 Å². The van der Waals surface area contributed by atoms with E-state index in [-0.39, 0.29) is 12.6 Å². The van der Waals surface area contributed by atoms with E-state index in [1.165, 1.54) is 0 Å². The van der Waals surface area contributed by atoms with Gasteiger partial charge in [0.25, 0.3) is 0 Å². The van der Waals surface area contributed by atoms with Crippen LogP contribution in [0.3, 0.4) is 0 Å². The number of fused-ring (bicyclic) bond motifs is 1. The van der Waals surface area contributed by atoms with Crippen molar-refractivity contribution in [3.8, 4) is 17.1 Å². The van der Waals surface area contributed by atoms with Crippen molar-refractivity contribution in [2.24, 2.45) is 5.92 Å². The van der Waals surface area contributed by atoms with Gasteiger partial charge >= 0.3 is 5.97 Å². The third-order valence-corrected chi connectivity index (χ3v) is 6.58. The number of aliphatic hydroxyl groups is 1. The Hall–Kier alpha value is -3.81. The summed E-state index contributed by atoms with van der Waals surface area (Å²) in [6, 6.07) is 26.1. The molecule has 0 aliphatic heterocycles. The summed E-state index contributed by atoms with van der Waals surface area (Å²) in [5, 5.41) is 25.7. The molecule has 194 valence electrons. The number of carboxylic acid groups (broad SMARTS) is 1. The molecular weight excluding hydrogens is 468 g/mol. The average molecular weight is 503 g/mol. The zero-order valence-corrected chi connectivity index (χ0v) is 21.2. The van der Waals surface area contributed by atoms with Gasteiger partial charge in [-0.2, -0.15) is 0 Å². The molecule has 0 amide bonds. The molecule has 4 N–H and O–H groups in total. The number of hydrogen-bond acceptors (Lipinski definition) is 6. The van der Waals surface area contributed by atoms with Crippen LogP contribution >= 0.6 is 0 Å². The molecule has 0 aliphatic rings. The van der Waals surface area contributed by atoms with Crippen molar-refractivity contribution in [2.45, 2.75) is 39.0 Å². The molecule has 7 nitrogen and oxygen atoms in total. The highest BCUT2D eigenvalue weighted by atomic mass is 16.5. The van der Waals surface area contributed by atoms with Crippen LogP contribution in [-0.2, 0) is 11.3 Å². The van der Waals surface area contributed by atoms with Crippen LogP contribution in [0, 0.1) is 5.92 Å². The summed E-state index contributed by atoms with van der Waals surface area (Å²) in [6.07, 6.45) is -0.390. The highest BCUT2D eigenvalue weighted by Gasteiger charge is 2.17. The molecule has 0 spiro atoms. The summed E-state index contributed by atoms with van der Waals surface area (Å²) in [6.45, 7) is 5.38. The Kier molecular flexibility index (Phi) is 8.82. The number of carbonyl (C=O) groups is 1.